The molecule has 2 aliphatic heterocycles. The molecule has 172 valence electrons. The Bertz CT molecular complexity index is 1140. The minimum atomic E-state index is 0.290. The van der Waals surface area contributed by atoms with Gasteiger partial charge >= 0.3 is 0 Å². The summed E-state index contributed by atoms with van der Waals surface area (Å²) in [5.74, 6) is 4.78. The number of hydrogen-bond acceptors (Lipinski definition) is 6. The number of aryl methyl sites for hydroxylation is 4. The zero-order valence-electron chi connectivity index (χ0n) is 19.0. The molecule has 6 nitrogen and oxygen atoms in total. The molecule has 0 N–H and O–H groups in total. The van der Waals surface area contributed by atoms with E-state index >= 15 is 0 Å². The van der Waals surface area contributed by atoms with E-state index in [1.807, 2.05) is 12.1 Å². The summed E-state index contributed by atoms with van der Waals surface area (Å²) < 4.78 is 33.5. The van der Waals surface area contributed by atoms with Gasteiger partial charge in [0.2, 0.25) is 6.79 Å². The summed E-state index contributed by atoms with van der Waals surface area (Å²) in [6, 6.07) is 16.5. The standard InChI is InChI=1S/C27H28O6/c1-28-24-15-20(7-3-18-5-9-22-26(13-18)31-12-11-30-22)21(16-25(24)29-2)8-4-19-6-10-23-27(14-19)33-17-32-23/h5-6,9-10,13-16H,3-4,7-8,11-12,17H2,1-2H3. The van der Waals surface area contributed by atoms with Gasteiger partial charge in [0.05, 0.1) is 14.2 Å². The van der Waals surface area contributed by atoms with E-state index in [0.717, 1.165) is 60.2 Å². The lowest BCUT2D eigenvalue weighted by atomic mass is 9.94. The molecular weight excluding hydrogens is 420 g/mol. The van der Waals surface area contributed by atoms with Gasteiger partial charge in [-0.15, -0.1) is 0 Å². The molecule has 6 heteroatoms. The van der Waals surface area contributed by atoms with Gasteiger partial charge in [0, 0.05) is 0 Å². The highest BCUT2D eigenvalue weighted by Crippen LogP contribution is 2.35. The summed E-state index contributed by atoms with van der Waals surface area (Å²) >= 11 is 0. The second-order valence-corrected chi connectivity index (χ2v) is 8.14. The van der Waals surface area contributed by atoms with Crippen LogP contribution in [-0.2, 0) is 25.7 Å². The average molecular weight is 449 g/mol. The highest BCUT2D eigenvalue weighted by atomic mass is 16.7. The molecule has 5 rings (SSSR count). The van der Waals surface area contributed by atoms with Gasteiger partial charge in [-0.3, -0.25) is 0 Å². The number of benzene rings is 3. The van der Waals surface area contributed by atoms with Crippen LogP contribution < -0.4 is 28.4 Å². The Balaban J connectivity index is 1.35. The van der Waals surface area contributed by atoms with Crippen LogP contribution in [0.15, 0.2) is 48.5 Å². The van der Waals surface area contributed by atoms with Crippen molar-refractivity contribution in [1.29, 1.82) is 0 Å². The molecule has 0 aliphatic carbocycles. The average Bonchev–Trinajstić information content (AvgIpc) is 3.34. The highest BCUT2D eigenvalue weighted by molar-refractivity contribution is 5.49. The molecule has 0 fully saturated rings. The van der Waals surface area contributed by atoms with Gasteiger partial charge in [0.25, 0.3) is 0 Å². The third-order valence-electron chi connectivity index (χ3n) is 6.12. The largest absolute Gasteiger partial charge is 0.493 e. The Hall–Kier alpha value is -3.54. The molecule has 0 amide bonds. The number of fused-ring (bicyclic) bond motifs is 2. The lowest BCUT2D eigenvalue weighted by Crippen LogP contribution is -2.15. The van der Waals surface area contributed by atoms with Gasteiger partial charge in [0.1, 0.15) is 13.2 Å². The first-order chi connectivity index (χ1) is 16.2. The molecule has 3 aromatic rings. The predicted octanol–water partition coefficient (Wildman–Crippen LogP) is 4.77. The molecule has 2 heterocycles. The van der Waals surface area contributed by atoms with E-state index in [9.17, 15) is 0 Å². The van der Waals surface area contributed by atoms with Gasteiger partial charge in [-0.25, -0.2) is 0 Å². The summed E-state index contributed by atoms with van der Waals surface area (Å²) in [7, 11) is 3.35. The minimum Gasteiger partial charge on any atom is -0.493 e. The van der Waals surface area contributed by atoms with Crippen LogP contribution in [0.3, 0.4) is 0 Å². The Morgan fingerprint density at radius 2 is 1.06 bits per heavy atom. The van der Waals surface area contributed by atoms with Crippen LogP contribution in [0, 0.1) is 0 Å². The summed E-state index contributed by atoms with van der Waals surface area (Å²) in [4.78, 5) is 0. The monoisotopic (exact) mass is 448 g/mol. The van der Waals surface area contributed by atoms with Gasteiger partial charge in [-0.2, -0.15) is 0 Å². The molecule has 33 heavy (non-hydrogen) atoms. The molecule has 0 saturated heterocycles. The van der Waals surface area contributed by atoms with Crippen LogP contribution in [0.2, 0.25) is 0 Å². The van der Waals surface area contributed by atoms with Crippen molar-refractivity contribution in [2.24, 2.45) is 0 Å². The van der Waals surface area contributed by atoms with E-state index in [-0.39, 0.29) is 0 Å². The van der Waals surface area contributed by atoms with Crippen LogP contribution in [0.1, 0.15) is 22.3 Å². The SMILES string of the molecule is COc1cc(CCc2ccc3c(c2)OCCO3)c(CCc2ccc3c(c2)OCO3)cc1OC. The lowest BCUT2D eigenvalue weighted by molar-refractivity contribution is 0.171. The topological polar surface area (TPSA) is 55.4 Å². The van der Waals surface area contributed by atoms with Crippen LogP contribution in [-0.4, -0.2) is 34.2 Å². The second kappa shape index (κ2) is 9.53. The van der Waals surface area contributed by atoms with Crippen molar-refractivity contribution in [3.8, 4) is 34.5 Å². The highest BCUT2D eigenvalue weighted by Gasteiger charge is 2.16. The van der Waals surface area contributed by atoms with Crippen LogP contribution in [0.5, 0.6) is 34.5 Å². The molecule has 0 atom stereocenters. The van der Waals surface area contributed by atoms with Crippen molar-refractivity contribution >= 4 is 0 Å². The molecule has 3 aromatic carbocycles. The smallest absolute Gasteiger partial charge is 0.231 e. The van der Waals surface area contributed by atoms with E-state index in [1.165, 1.54) is 22.3 Å². The summed E-state index contributed by atoms with van der Waals surface area (Å²) in [5.41, 5.74) is 4.94. The Labute approximate surface area is 193 Å². The van der Waals surface area contributed by atoms with Crippen molar-refractivity contribution in [3.63, 3.8) is 0 Å². The zero-order valence-corrected chi connectivity index (χ0v) is 19.0. The quantitative estimate of drug-likeness (QED) is 0.495. The number of rotatable bonds is 8. The van der Waals surface area contributed by atoms with Crippen LogP contribution >= 0.6 is 0 Å². The first-order valence-corrected chi connectivity index (χ1v) is 11.2. The molecule has 0 bridgehead atoms. The summed E-state index contributed by atoms with van der Waals surface area (Å²) in [5, 5.41) is 0. The maximum absolute atomic E-state index is 5.75. The van der Waals surface area contributed by atoms with Gasteiger partial charge < -0.3 is 28.4 Å². The van der Waals surface area contributed by atoms with E-state index in [2.05, 4.69) is 36.4 Å². The molecule has 2 aliphatic rings. The van der Waals surface area contributed by atoms with Gasteiger partial charge in [0.15, 0.2) is 34.5 Å². The van der Waals surface area contributed by atoms with Crippen molar-refractivity contribution in [3.05, 3.63) is 70.8 Å². The third kappa shape index (κ3) is 4.65. The molecule has 0 radical (unpaired) electrons. The molecule has 0 unspecified atom stereocenters. The van der Waals surface area contributed by atoms with Crippen molar-refractivity contribution < 1.29 is 28.4 Å². The van der Waals surface area contributed by atoms with Gasteiger partial charge in [-0.05, 0) is 84.3 Å². The first kappa shape index (κ1) is 21.3. The number of hydrogen-bond donors (Lipinski definition) is 0. The third-order valence-corrected chi connectivity index (χ3v) is 6.12. The van der Waals surface area contributed by atoms with Crippen LogP contribution in [0.4, 0.5) is 0 Å². The maximum Gasteiger partial charge on any atom is 0.231 e. The molecule has 0 aromatic heterocycles. The second-order valence-electron chi connectivity index (χ2n) is 8.14. The Morgan fingerprint density at radius 3 is 1.64 bits per heavy atom. The fourth-order valence-corrected chi connectivity index (χ4v) is 4.33. The number of methoxy groups -OCH3 is 2. The predicted molar refractivity (Wildman–Crippen MR) is 124 cm³/mol. The minimum absolute atomic E-state index is 0.290. The van der Waals surface area contributed by atoms with Crippen molar-refractivity contribution in [2.75, 3.05) is 34.2 Å². The van der Waals surface area contributed by atoms with E-state index < -0.39 is 0 Å². The first-order valence-electron chi connectivity index (χ1n) is 11.2. The van der Waals surface area contributed by atoms with E-state index in [4.69, 9.17) is 28.4 Å². The lowest BCUT2D eigenvalue weighted by Gasteiger charge is -2.19. The van der Waals surface area contributed by atoms with Crippen LogP contribution in [0.25, 0.3) is 0 Å². The Kier molecular flexibility index (Phi) is 6.15. The van der Waals surface area contributed by atoms with E-state index in [1.54, 1.807) is 14.2 Å². The fourth-order valence-electron chi connectivity index (χ4n) is 4.33. The van der Waals surface area contributed by atoms with Gasteiger partial charge in [-0.1, -0.05) is 12.1 Å². The van der Waals surface area contributed by atoms with Crippen molar-refractivity contribution in [2.45, 2.75) is 25.7 Å². The molecular formula is C27H28O6. The molecule has 0 saturated carbocycles. The fraction of sp³-hybridized carbons (Fsp3) is 0.333. The normalized spacial score (nSPS) is 13.6. The number of ether oxygens (including phenoxy) is 6. The van der Waals surface area contributed by atoms with Crippen molar-refractivity contribution in [1.82, 2.24) is 0 Å². The summed E-state index contributed by atoms with van der Waals surface area (Å²) in [6.07, 6.45) is 3.55. The molecule has 0 spiro atoms. The zero-order chi connectivity index (χ0) is 22.6. The Morgan fingerprint density at radius 1 is 0.576 bits per heavy atom. The van der Waals surface area contributed by atoms with E-state index in [0.29, 0.717) is 20.0 Å². The summed E-state index contributed by atoms with van der Waals surface area (Å²) in [6.45, 7) is 1.49. The maximum atomic E-state index is 5.75.